The number of hydrogen-bond donors (Lipinski definition) is 0. The maximum absolute atomic E-state index is 2.32. The van der Waals surface area contributed by atoms with Gasteiger partial charge in [0.1, 0.15) is 0 Å². The molecule has 0 N–H and O–H groups in total. The van der Waals surface area contributed by atoms with Gasteiger partial charge in [0.2, 0.25) is 0 Å². The van der Waals surface area contributed by atoms with Crippen molar-refractivity contribution >= 4 is 0 Å². The zero-order valence-electron chi connectivity index (χ0n) is 39.1. The van der Waals surface area contributed by atoms with Crippen molar-refractivity contribution in [3.8, 4) is 0 Å². The second-order valence-corrected chi connectivity index (χ2v) is 16.3. The minimum Gasteiger partial charge on any atom is -0.120 e. The molecule has 0 heterocycles. The van der Waals surface area contributed by atoms with Crippen molar-refractivity contribution in [2.24, 2.45) is 16.2 Å². The Balaban J connectivity index is 0.000000242. The molecule has 0 atom stereocenters. The fraction of sp³-hybridized carbons (Fsp3) is 0.350. The first-order valence-corrected chi connectivity index (χ1v) is 23.3. The molecule has 0 nitrogen and oxygen atoms in total. The second-order valence-electron chi connectivity index (χ2n) is 16.3. The zero-order chi connectivity index (χ0) is 43.3. The fourth-order valence-corrected chi connectivity index (χ4v) is 9.81. The molecular weight excluding hydrogens is 773 g/mol. The third-order valence-electron chi connectivity index (χ3n) is 14.1. The van der Waals surface area contributed by atoms with E-state index in [1.807, 2.05) is 0 Å². The standard InChI is InChI=1S/3C20H25.Cr/c3*1-4-20(5-2,6-3)19(17-13-9-7-10-14-17)18-15-11-8-12-16-18;/h3*7-16H,4-6H2,1-3H3;/q3*-1;+3. The summed E-state index contributed by atoms with van der Waals surface area (Å²) in [6.07, 6.45) is 10.6. The average Bonchev–Trinajstić information content (AvgIpc) is 3.34. The molecule has 0 saturated heterocycles. The molecule has 0 spiro atoms. The Bertz CT molecular complexity index is 1580. The van der Waals surface area contributed by atoms with Crippen molar-refractivity contribution < 1.29 is 17.4 Å². The first-order chi connectivity index (χ1) is 29.3. The summed E-state index contributed by atoms with van der Waals surface area (Å²) in [4.78, 5) is 0. The minimum absolute atomic E-state index is 0. The van der Waals surface area contributed by atoms with Gasteiger partial charge in [-0.3, -0.25) is 0 Å². The molecule has 1 heteroatoms. The van der Waals surface area contributed by atoms with E-state index in [9.17, 15) is 0 Å². The molecule has 0 amide bonds. The van der Waals surface area contributed by atoms with E-state index in [0.717, 1.165) is 0 Å². The van der Waals surface area contributed by atoms with Gasteiger partial charge in [0, 0.05) is 0 Å². The molecule has 0 bridgehead atoms. The summed E-state index contributed by atoms with van der Waals surface area (Å²) in [5.74, 6) is 4.52. The molecule has 6 aromatic carbocycles. The quantitative estimate of drug-likeness (QED) is 0.0756. The number of rotatable bonds is 18. The Labute approximate surface area is 384 Å². The van der Waals surface area contributed by atoms with Crippen molar-refractivity contribution in [1.29, 1.82) is 0 Å². The molecule has 0 unspecified atom stereocenters. The van der Waals surface area contributed by atoms with Crippen LogP contribution in [0.15, 0.2) is 182 Å². The predicted octanol–water partition coefficient (Wildman–Crippen LogP) is 17.6. The number of hydrogen-bond acceptors (Lipinski definition) is 0. The van der Waals surface area contributed by atoms with Crippen molar-refractivity contribution in [1.82, 2.24) is 0 Å². The fourth-order valence-electron chi connectivity index (χ4n) is 9.81. The normalized spacial score (nSPS) is 11.2. The molecule has 6 rings (SSSR count). The third kappa shape index (κ3) is 12.5. The van der Waals surface area contributed by atoms with E-state index in [2.05, 4.69) is 244 Å². The van der Waals surface area contributed by atoms with Gasteiger partial charge in [0.15, 0.2) is 0 Å². The Morgan fingerprint density at radius 3 is 0.443 bits per heavy atom. The molecule has 0 aliphatic carbocycles. The largest absolute Gasteiger partial charge is 3.00 e. The maximum Gasteiger partial charge on any atom is 3.00 e. The van der Waals surface area contributed by atoms with Crippen molar-refractivity contribution in [3.63, 3.8) is 0 Å². The summed E-state index contributed by atoms with van der Waals surface area (Å²) in [6, 6.07) is 65.3. The smallest absolute Gasteiger partial charge is 0.120 e. The van der Waals surface area contributed by atoms with Crippen molar-refractivity contribution in [2.45, 2.75) is 120 Å². The monoisotopic (exact) mass is 848 g/mol. The number of benzene rings is 6. The molecule has 61 heavy (non-hydrogen) atoms. The van der Waals surface area contributed by atoms with Gasteiger partial charge in [0.25, 0.3) is 0 Å². The SMILES string of the molecule is CCC(CC)(CC)[C-](c1ccccc1)c1ccccc1.CCC(CC)(CC)[C-](c1ccccc1)c1ccccc1.CCC(CC)(CC)[C-](c1ccccc1)c1ccccc1.[Cr+3]. The topological polar surface area (TPSA) is 0 Å². The Kier molecular flexibility index (Phi) is 21.7. The van der Waals surface area contributed by atoms with Crippen LogP contribution in [0.4, 0.5) is 0 Å². The molecule has 6 aromatic rings. The van der Waals surface area contributed by atoms with Gasteiger partial charge in [-0.2, -0.15) is 0 Å². The van der Waals surface area contributed by atoms with Crippen LogP contribution in [0, 0.1) is 34.0 Å². The van der Waals surface area contributed by atoms with Crippen molar-refractivity contribution in [3.05, 3.63) is 233 Å². The maximum atomic E-state index is 2.32. The van der Waals surface area contributed by atoms with E-state index in [4.69, 9.17) is 0 Å². The molecule has 1 radical (unpaired) electrons. The van der Waals surface area contributed by atoms with Gasteiger partial charge in [0.05, 0.1) is 0 Å². The second kappa shape index (κ2) is 26.1. The van der Waals surface area contributed by atoms with Gasteiger partial charge in [-0.05, 0) is 16.2 Å². The summed E-state index contributed by atoms with van der Waals surface area (Å²) in [7, 11) is 0. The van der Waals surface area contributed by atoms with Crippen LogP contribution in [0.3, 0.4) is 0 Å². The molecule has 0 aromatic heterocycles. The Morgan fingerprint density at radius 2 is 0.344 bits per heavy atom. The van der Waals surface area contributed by atoms with Gasteiger partial charge in [-0.25, -0.2) is 0 Å². The first-order valence-electron chi connectivity index (χ1n) is 23.3. The van der Waals surface area contributed by atoms with E-state index >= 15 is 0 Å². The van der Waals surface area contributed by atoms with Crippen LogP contribution >= 0.6 is 0 Å². The van der Waals surface area contributed by atoms with E-state index in [1.54, 1.807) is 0 Å². The van der Waals surface area contributed by atoms with Crippen LogP contribution in [0.1, 0.15) is 153 Å². The van der Waals surface area contributed by atoms with Crippen LogP contribution in [0.25, 0.3) is 0 Å². The zero-order valence-corrected chi connectivity index (χ0v) is 40.4. The van der Waals surface area contributed by atoms with Crippen LogP contribution < -0.4 is 0 Å². The van der Waals surface area contributed by atoms with E-state index in [1.165, 1.54) is 109 Å². The third-order valence-corrected chi connectivity index (χ3v) is 14.1. The van der Waals surface area contributed by atoms with Gasteiger partial charge >= 0.3 is 17.4 Å². The molecule has 0 aliphatic rings. The Hall–Kier alpha value is -4.54. The van der Waals surface area contributed by atoms with Crippen LogP contribution in [-0.2, 0) is 17.4 Å². The van der Waals surface area contributed by atoms with Crippen LogP contribution in [0.5, 0.6) is 0 Å². The van der Waals surface area contributed by atoms with E-state index in [0.29, 0.717) is 0 Å². The summed E-state index contributed by atoms with van der Waals surface area (Å²) in [5, 5.41) is 0. The summed E-state index contributed by atoms with van der Waals surface area (Å²) in [5.41, 5.74) is 8.99. The van der Waals surface area contributed by atoms with Crippen LogP contribution in [-0.4, -0.2) is 0 Å². The van der Waals surface area contributed by atoms with Crippen LogP contribution in [0.2, 0.25) is 0 Å². The molecular formula is C60H75Cr. The van der Waals surface area contributed by atoms with E-state index < -0.39 is 0 Å². The Morgan fingerprint density at radius 1 is 0.230 bits per heavy atom. The van der Waals surface area contributed by atoms with Gasteiger partial charge in [-0.15, -0.1) is 124 Å². The van der Waals surface area contributed by atoms with E-state index in [-0.39, 0.29) is 33.6 Å². The van der Waals surface area contributed by atoms with Crippen molar-refractivity contribution in [2.75, 3.05) is 0 Å². The average molecular weight is 848 g/mol. The molecule has 0 fully saturated rings. The predicted molar refractivity (Wildman–Crippen MR) is 263 cm³/mol. The minimum atomic E-state index is 0. The summed E-state index contributed by atoms with van der Waals surface area (Å²) < 4.78 is 0. The molecule has 0 aliphatic heterocycles. The summed E-state index contributed by atoms with van der Waals surface area (Å²) >= 11 is 0. The first kappa shape index (κ1) is 50.8. The van der Waals surface area contributed by atoms with Gasteiger partial charge < -0.3 is 0 Å². The summed E-state index contributed by atoms with van der Waals surface area (Å²) in [6.45, 7) is 20.9. The molecule has 0 saturated carbocycles. The van der Waals surface area contributed by atoms with Gasteiger partial charge in [-0.1, -0.05) is 229 Å². The molecule has 321 valence electrons.